The first-order chi connectivity index (χ1) is 9.04. The minimum Gasteiger partial charge on any atom is -0.357 e. The predicted molar refractivity (Wildman–Crippen MR) is 73.4 cm³/mol. The molecule has 0 aliphatic carbocycles. The van der Waals surface area contributed by atoms with E-state index in [0.717, 1.165) is 17.8 Å². The molecule has 0 saturated carbocycles. The summed E-state index contributed by atoms with van der Waals surface area (Å²) in [6.45, 7) is 5.11. The maximum atomic E-state index is 13.4. The van der Waals surface area contributed by atoms with Crippen molar-refractivity contribution in [2.75, 3.05) is 18.0 Å². The molecule has 1 unspecified atom stereocenters. The summed E-state index contributed by atoms with van der Waals surface area (Å²) in [7, 11) is 0. The van der Waals surface area contributed by atoms with Crippen LogP contribution in [0.4, 0.5) is 10.1 Å². The summed E-state index contributed by atoms with van der Waals surface area (Å²) in [6.07, 6.45) is 0.710. The summed E-state index contributed by atoms with van der Waals surface area (Å²) in [4.78, 5) is 13.9. The third-order valence-electron chi connectivity index (χ3n) is 3.51. The second kappa shape index (κ2) is 5.57. The predicted octanol–water partition coefficient (Wildman–Crippen LogP) is 1.56. The van der Waals surface area contributed by atoms with Gasteiger partial charge in [0.1, 0.15) is 11.9 Å². The van der Waals surface area contributed by atoms with E-state index in [0.29, 0.717) is 13.0 Å². The van der Waals surface area contributed by atoms with Crippen molar-refractivity contribution in [2.45, 2.75) is 32.4 Å². The highest BCUT2D eigenvalue weighted by atomic mass is 19.1. The van der Waals surface area contributed by atoms with Crippen LogP contribution in [0.1, 0.15) is 31.9 Å². The van der Waals surface area contributed by atoms with Crippen LogP contribution in [0.5, 0.6) is 0 Å². The van der Waals surface area contributed by atoms with E-state index in [1.54, 1.807) is 6.07 Å². The first-order valence-corrected chi connectivity index (χ1v) is 6.64. The van der Waals surface area contributed by atoms with Crippen LogP contribution in [0, 0.1) is 5.82 Å². The van der Waals surface area contributed by atoms with Crippen molar-refractivity contribution < 1.29 is 9.18 Å². The Morgan fingerprint density at radius 3 is 2.95 bits per heavy atom. The van der Waals surface area contributed by atoms with Crippen molar-refractivity contribution in [1.82, 2.24) is 5.32 Å². The third kappa shape index (κ3) is 2.71. The highest BCUT2D eigenvalue weighted by molar-refractivity contribution is 5.86. The molecule has 1 amide bonds. The number of anilines is 1. The zero-order valence-corrected chi connectivity index (χ0v) is 11.3. The minimum atomic E-state index is -0.300. The Morgan fingerprint density at radius 2 is 2.32 bits per heavy atom. The summed E-state index contributed by atoms with van der Waals surface area (Å²) in [5.41, 5.74) is 7.52. The van der Waals surface area contributed by atoms with E-state index in [2.05, 4.69) is 5.32 Å². The molecule has 4 nitrogen and oxygen atoms in total. The molecule has 1 aromatic carbocycles. The Hall–Kier alpha value is -1.62. The summed E-state index contributed by atoms with van der Waals surface area (Å²) < 4.78 is 13.4. The van der Waals surface area contributed by atoms with Crippen LogP contribution >= 0.6 is 0 Å². The van der Waals surface area contributed by atoms with Gasteiger partial charge in [0.05, 0.1) is 0 Å². The fourth-order valence-electron chi connectivity index (χ4n) is 2.56. The number of hydrogen-bond acceptors (Lipinski definition) is 3. The van der Waals surface area contributed by atoms with Crippen LogP contribution in [0.25, 0.3) is 0 Å². The molecular weight excluding hydrogens is 245 g/mol. The van der Waals surface area contributed by atoms with E-state index in [1.165, 1.54) is 12.1 Å². The number of nitrogens with two attached hydrogens (primary N) is 1. The zero-order chi connectivity index (χ0) is 14.0. The lowest BCUT2D eigenvalue weighted by Gasteiger charge is -2.38. The normalized spacial score (nSPS) is 21.2. The van der Waals surface area contributed by atoms with Gasteiger partial charge in [-0.3, -0.25) is 4.79 Å². The monoisotopic (exact) mass is 265 g/mol. The van der Waals surface area contributed by atoms with Crippen LogP contribution in [-0.4, -0.2) is 25.0 Å². The zero-order valence-electron chi connectivity index (χ0n) is 11.3. The fraction of sp³-hybridized carbons (Fsp3) is 0.500. The van der Waals surface area contributed by atoms with Gasteiger partial charge in [0.2, 0.25) is 5.91 Å². The molecule has 0 spiro atoms. The second-order valence-electron chi connectivity index (χ2n) is 4.90. The molecule has 104 valence electrons. The Balaban J connectivity index is 2.42. The Kier molecular flexibility index (Phi) is 4.04. The molecule has 0 bridgehead atoms. The molecule has 5 heteroatoms. The maximum absolute atomic E-state index is 13.4. The number of halogens is 1. The number of carbonyl (C=O) groups is 1. The van der Waals surface area contributed by atoms with Crippen molar-refractivity contribution in [3.63, 3.8) is 0 Å². The lowest BCUT2D eigenvalue weighted by molar-refractivity contribution is -0.123. The van der Waals surface area contributed by atoms with Gasteiger partial charge in [-0.05, 0) is 37.1 Å². The van der Waals surface area contributed by atoms with Crippen molar-refractivity contribution >= 4 is 11.6 Å². The van der Waals surface area contributed by atoms with Gasteiger partial charge < -0.3 is 16.0 Å². The smallest absolute Gasteiger partial charge is 0.242 e. The molecule has 1 aromatic rings. The molecule has 3 N–H and O–H groups in total. The molecule has 2 atom stereocenters. The average Bonchev–Trinajstić information content (AvgIpc) is 2.38. The SMILES string of the molecule is CCC1C(=O)NCCN1c1ccc(F)cc1[C@H](C)N. The van der Waals surface area contributed by atoms with Gasteiger partial charge in [0.25, 0.3) is 0 Å². The number of nitrogens with one attached hydrogen (secondary N) is 1. The molecular formula is C14H20FN3O. The van der Waals surface area contributed by atoms with Crippen LogP contribution in [-0.2, 0) is 4.79 Å². The number of amides is 1. The van der Waals surface area contributed by atoms with Crippen LogP contribution < -0.4 is 16.0 Å². The maximum Gasteiger partial charge on any atom is 0.242 e. The molecule has 1 heterocycles. The Labute approximate surface area is 112 Å². The third-order valence-corrected chi connectivity index (χ3v) is 3.51. The number of hydrogen-bond donors (Lipinski definition) is 2. The van der Waals surface area contributed by atoms with Gasteiger partial charge in [0.15, 0.2) is 0 Å². The quantitative estimate of drug-likeness (QED) is 0.872. The topological polar surface area (TPSA) is 58.4 Å². The van der Waals surface area contributed by atoms with Gasteiger partial charge >= 0.3 is 0 Å². The van der Waals surface area contributed by atoms with Crippen molar-refractivity contribution in [3.05, 3.63) is 29.6 Å². The van der Waals surface area contributed by atoms with E-state index in [9.17, 15) is 9.18 Å². The second-order valence-corrected chi connectivity index (χ2v) is 4.90. The number of carbonyl (C=O) groups excluding carboxylic acids is 1. The number of piperazine rings is 1. The highest BCUT2D eigenvalue weighted by Crippen LogP contribution is 2.29. The van der Waals surface area contributed by atoms with Crippen LogP contribution in [0.2, 0.25) is 0 Å². The summed E-state index contributed by atoms with van der Waals surface area (Å²) >= 11 is 0. The van der Waals surface area contributed by atoms with Crippen LogP contribution in [0.3, 0.4) is 0 Å². The Morgan fingerprint density at radius 1 is 1.58 bits per heavy atom. The molecule has 19 heavy (non-hydrogen) atoms. The summed E-state index contributed by atoms with van der Waals surface area (Å²) in [5, 5.41) is 2.86. The molecule has 0 radical (unpaired) electrons. The van der Waals surface area contributed by atoms with E-state index in [1.807, 2.05) is 18.7 Å². The van der Waals surface area contributed by atoms with Gasteiger partial charge in [-0.2, -0.15) is 0 Å². The first kappa shape index (κ1) is 13.8. The number of rotatable bonds is 3. The molecule has 1 fully saturated rings. The van der Waals surface area contributed by atoms with Gasteiger partial charge in [-0.1, -0.05) is 6.92 Å². The molecule has 1 saturated heterocycles. The van der Waals surface area contributed by atoms with Crippen molar-refractivity contribution in [1.29, 1.82) is 0 Å². The Bertz CT molecular complexity index is 476. The van der Waals surface area contributed by atoms with Gasteiger partial charge in [-0.15, -0.1) is 0 Å². The number of benzene rings is 1. The van der Waals surface area contributed by atoms with E-state index >= 15 is 0 Å². The fourth-order valence-corrected chi connectivity index (χ4v) is 2.56. The first-order valence-electron chi connectivity index (χ1n) is 6.64. The average molecular weight is 265 g/mol. The summed E-state index contributed by atoms with van der Waals surface area (Å²) in [6, 6.07) is 4.11. The molecule has 2 rings (SSSR count). The summed E-state index contributed by atoms with van der Waals surface area (Å²) in [5.74, 6) is -0.278. The van der Waals surface area contributed by atoms with E-state index in [-0.39, 0.29) is 23.8 Å². The lowest BCUT2D eigenvalue weighted by atomic mass is 10.0. The standard InChI is InChI=1S/C14H20FN3O/c1-3-12-14(19)17-6-7-18(12)13-5-4-10(15)8-11(13)9(2)16/h4-5,8-9,12H,3,6-7,16H2,1-2H3,(H,17,19)/t9-,12?/m0/s1. The van der Waals surface area contributed by atoms with Crippen molar-refractivity contribution in [3.8, 4) is 0 Å². The molecule has 1 aliphatic rings. The van der Waals surface area contributed by atoms with E-state index in [4.69, 9.17) is 5.73 Å². The van der Waals surface area contributed by atoms with Crippen molar-refractivity contribution in [2.24, 2.45) is 5.73 Å². The molecule has 0 aromatic heterocycles. The number of nitrogens with zero attached hydrogens (tertiary/aromatic N) is 1. The lowest BCUT2D eigenvalue weighted by Crippen LogP contribution is -2.55. The van der Waals surface area contributed by atoms with Gasteiger partial charge in [0, 0.05) is 24.8 Å². The van der Waals surface area contributed by atoms with E-state index < -0.39 is 0 Å². The highest BCUT2D eigenvalue weighted by Gasteiger charge is 2.29. The van der Waals surface area contributed by atoms with Gasteiger partial charge in [-0.25, -0.2) is 4.39 Å². The molecule has 1 aliphatic heterocycles. The minimum absolute atomic E-state index is 0.0219. The van der Waals surface area contributed by atoms with Crippen LogP contribution in [0.15, 0.2) is 18.2 Å². The largest absolute Gasteiger partial charge is 0.357 e.